The molecule has 2 heterocycles. The molecule has 20 heavy (non-hydrogen) atoms. The molecule has 1 saturated heterocycles. The van der Waals surface area contributed by atoms with E-state index in [9.17, 15) is 0 Å². The Labute approximate surface area is 125 Å². The molecule has 1 aromatic heterocycles. The van der Waals surface area contributed by atoms with Crippen LogP contribution in [-0.2, 0) is 11.3 Å². The first-order valence-electron chi connectivity index (χ1n) is 7.19. The number of hydrogen-bond acceptors (Lipinski definition) is 4. The van der Waals surface area contributed by atoms with Crippen molar-refractivity contribution in [1.29, 1.82) is 0 Å². The minimum atomic E-state index is -0.0762. The van der Waals surface area contributed by atoms with Gasteiger partial charge in [0.2, 0.25) is 0 Å². The zero-order valence-corrected chi connectivity index (χ0v) is 13.1. The first-order chi connectivity index (χ1) is 9.69. The summed E-state index contributed by atoms with van der Waals surface area (Å²) in [7, 11) is 0. The zero-order chi connectivity index (χ0) is 14.4. The van der Waals surface area contributed by atoms with Gasteiger partial charge in [-0.15, -0.1) is 11.3 Å². The maximum absolute atomic E-state index is 8.72. The maximum atomic E-state index is 8.72. The number of aliphatic hydroxyl groups excluding tert-OH is 1. The first kappa shape index (κ1) is 15.5. The molecular formula is C16H23NO2S. The highest BCUT2D eigenvalue weighted by atomic mass is 32.1. The highest BCUT2D eigenvalue weighted by molar-refractivity contribution is 7.12. The SMILES string of the molecule is CC(C)CC1COCCN1Cc1ccc(C#CCO)s1. The van der Waals surface area contributed by atoms with Crippen LogP contribution >= 0.6 is 11.3 Å². The Hall–Kier alpha value is -0.860. The van der Waals surface area contributed by atoms with Crippen LogP contribution in [0, 0.1) is 17.8 Å². The second kappa shape index (κ2) is 7.80. The molecule has 0 aromatic carbocycles. The van der Waals surface area contributed by atoms with E-state index in [2.05, 4.69) is 36.7 Å². The summed E-state index contributed by atoms with van der Waals surface area (Å²) in [6.45, 7) is 8.12. The van der Waals surface area contributed by atoms with Gasteiger partial charge in [0.15, 0.2) is 0 Å². The predicted molar refractivity (Wildman–Crippen MR) is 82.8 cm³/mol. The molecule has 0 saturated carbocycles. The lowest BCUT2D eigenvalue weighted by Crippen LogP contribution is -2.45. The van der Waals surface area contributed by atoms with E-state index < -0.39 is 0 Å². The zero-order valence-electron chi connectivity index (χ0n) is 12.3. The van der Waals surface area contributed by atoms with Crippen LogP contribution in [0.5, 0.6) is 0 Å². The van der Waals surface area contributed by atoms with Crippen molar-refractivity contribution in [1.82, 2.24) is 4.90 Å². The van der Waals surface area contributed by atoms with Gasteiger partial charge in [-0.05, 0) is 24.5 Å². The predicted octanol–water partition coefficient (Wildman–Crippen LogP) is 2.34. The van der Waals surface area contributed by atoms with Gasteiger partial charge in [-0.25, -0.2) is 0 Å². The largest absolute Gasteiger partial charge is 0.384 e. The molecule has 1 atom stereocenters. The van der Waals surface area contributed by atoms with Gasteiger partial charge < -0.3 is 9.84 Å². The molecule has 0 aliphatic carbocycles. The van der Waals surface area contributed by atoms with Crippen molar-refractivity contribution >= 4 is 11.3 Å². The number of hydrogen-bond donors (Lipinski definition) is 1. The van der Waals surface area contributed by atoms with E-state index in [1.807, 2.05) is 6.07 Å². The fourth-order valence-corrected chi connectivity index (χ4v) is 3.42. The maximum Gasteiger partial charge on any atom is 0.104 e. The third kappa shape index (κ3) is 4.60. The van der Waals surface area contributed by atoms with Crippen molar-refractivity contribution in [3.05, 3.63) is 21.9 Å². The topological polar surface area (TPSA) is 32.7 Å². The van der Waals surface area contributed by atoms with Crippen molar-refractivity contribution in [2.24, 2.45) is 5.92 Å². The molecule has 0 radical (unpaired) electrons. The van der Waals surface area contributed by atoms with Gasteiger partial charge in [-0.1, -0.05) is 25.7 Å². The summed E-state index contributed by atoms with van der Waals surface area (Å²) in [6.07, 6.45) is 1.18. The average molecular weight is 293 g/mol. The lowest BCUT2D eigenvalue weighted by Gasteiger charge is -2.36. The van der Waals surface area contributed by atoms with Crippen LogP contribution < -0.4 is 0 Å². The summed E-state index contributed by atoms with van der Waals surface area (Å²) in [5.74, 6) is 6.36. The van der Waals surface area contributed by atoms with E-state index in [1.54, 1.807) is 11.3 Å². The lowest BCUT2D eigenvalue weighted by atomic mass is 10.0. The first-order valence-corrected chi connectivity index (χ1v) is 8.01. The van der Waals surface area contributed by atoms with Gasteiger partial charge >= 0.3 is 0 Å². The molecule has 1 unspecified atom stereocenters. The smallest absolute Gasteiger partial charge is 0.104 e. The Kier molecular flexibility index (Phi) is 6.06. The van der Waals surface area contributed by atoms with Crippen molar-refractivity contribution in [2.45, 2.75) is 32.9 Å². The number of ether oxygens (including phenoxy) is 1. The molecule has 0 spiro atoms. The Bertz CT molecular complexity index is 472. The molecule has 1 aliphatic rings. The Morgan fingerprint density at radius 2 is 2.35 bits per heavy atom. The highest BCUT2D eigenvalue weighted by Gasteiger charge is 2.24. The molecule has 0 amide bonds. The van der Waals surface area contributed by atoms with E-state index in [0.29, 0.717) is 12.0 Å². The van der Waals surface area contributed by atoms with Gasteiger partial charge in [0, 0.05) is 24.0 Å². The third-order valence-electron chi connectivity index (χ3n) is 3.40. The van der Waals surface area contributed by atoms with Crippen LogP contribution in [0.3, 0.4) is 0 Å². The van der Waals surface area contributed by atoms with Gasteiger partial charge in [0.05, 0.1) is 18.1 Å². The highest BCUT2D eigenvalue weighted by Crippen LogP contribution is 2.22. The Morgan fingerprint density at radius 3 is 3.10 bits per heavy atom. The van der Waals surface area contributed by atoms with Gasteiger partial charge in [-0.3, -0.25) is 4.90 Å². The molecule has 1 aromatic rings. The van der Waals surface area contributed by atoms with Crippen LogP contribution in [0.25, 0.3) is 0 Å². The molecular weight excluding hydrogens is 270 g/mol. The van der Waals surface area contributed by atoms with Gasteiger partial charge in [0.1, 0.15) is 6.61 Å². The molecule has 1 aliphatic heterocycles. The quantitative estimate of drug-likeness (QED) is 0.865. The number of thiophene rings is 1. The van der Waals surface area contributed by atoms with Crippen LogP contribution in [0.15, 0.2) is 12.1 Å². The van der Waals surface area contributed by atoms with Crippen molar-refractivity contribution < 1.29 is 9.84 Å². The van der Waals surface area contributed by atoms with Gasteiger partial charge in [-0.2, -0.15) is 0 Å². The van der Waals surface area contributed by atoms with Crippen LogP contribution in [0.1, 0.15) is 30.0 Å². The fraction of sp³-hybridized carbons (Fsp3) is 0.625. The summed E-state index contributed by atoms with van der Waals surface area (Å²) in [4.78, 5) is 4.89. The normalized spacial score (nSPS) is 19.9. The molecule has 3 nitrogen and oxygen atoms in total. The summed E-state index contributed by atoms with van der Waals surface area (Å²) < 4.78 is 5.62. The molecule has 2 rings (SSSR count). The molecule has 4 heteroatoms. The van der Waals surface area contributed by atoms with Gasteiger partial charge in [0.25, 0.3) is 0 Å². The van der Waals surface area contributed by atoms with E-state index in [0.717, 1.165) is 31.2 Å². The third-order valence-corrected chi connectivity index (χ3v) is 4.39. The summed E-state index contributed by atoms with van der Waals surface area (Å²) >= 11 is 1.72. The van der Waals surface area contributed by atoms with E-state index in [-0.39, 0.29) is 6.61 Å². The Balaban J connectivity index is 1.97. The molecule has 0 bridgehead atoms. The lowest BCUT2D eigenvalue weighted by molar-refractivity contribution is -0.0182. The monoisotopic (exact) mass is 293 g/mol. The van der Waals surface area contributed by atoms with Crippen molar-refractivity contribution in [3.63, 3.8) is 0 Å². The standard InChI is InChI=1S/C16H23NO2S/c1-13(2)10-14-12-19-9-7-17(14)11-16-6-5-15(20-16)4-3-8-18/h5-6,13-14,18H,7-12H2,1-2H3. The number of aliphatic hydroxyl groups is 1. The van der Waals surface area contributed by atoms with Crippen LogP contribution in [-0.4, -0.2) is 42.4 Å². The second-order valence-corrected chi connectivity index (χ2v) is 6.72. The Morgan fingerprint density at radius 1 is 1.50 bits per heavy atom. The summed E-state index contributed by atoms with van der Waals surface area (Å²) in [5, 5.41) is 8.72. The molecule has 1 fully saturated rings. The van der Waals surface area contributed by atoms with Crippen LogP contribution in [0.2, 0.25) is 0 Å². The summed E-state index contributed by atoms with van der Waals surface area (Å²) in [5.41, 5.74) is 0. The summed E-state index contributed by atoms with van der Waals surface area (Å²) in [6, 6.07) is 4.71. The van der Waals surface area contributed by atoms with E-state index in [1.165, 1.54) is 11.3 Å². The second-order valence-electron chi connectivity index (χ2n) is 5.55. The number of morpholine rings is 1. The molecule has 1 N–H and O–H groups in total. The minimum absolute atomic E-state index is 0.0762. The van der Waals surface area contributed by atoms with Crippen molar-refractivity contribution in [2.75, 3.05) is 26.4 Å². The fourth-order valence-electron chi connectivity index (χ4n) is 2.52. The van der Waals surface area contributed by atoms with E-state index in [4.69, 9.17) is 9.84 Å². The minimum Gasteiger partial charge on any atom is -0.384 e. The average Bonchev–Trinajstić information content (AvgIpc) is 2.86. The molecule has 110 valence electrons. The number of rotatable bonds is 4. The number of nitrogens with zero attached hydrogens (tertiary/aromatic N) is 1. The van der Waals surface area contributed by atoms with E-state index >= 15 is 0 Å². The van der Waals surface area contributed by atoms with Crippen molar-refractivity contribution in [3.8, 4) is 11.8 Å². The van der Waals surface area contributed by atoms with Crippen LogP contribution in [0.4, 0.5) is 0 Å².